The van der Waals surface area contributed by atoms with E-state index in [1.54, 1.807) is 0 Å². The van der Waals surface area contributed by atoms with E-state index < -0.39 is 5.97 Å². The van der Waals surface area contributed by atoms with Gasteiger partial charge in [0, 0.05) is 18.5 Å². The molecule has 3 N–H and O–H groups in total. The first kappa shape index (κ1) is 15.3. The lowest BCUT2D eigenvalue weighted by atomic mass is 9.80. The monoisotopic (exact) mass is 282 g/mol. The highest BCUT2D eigenvalue weighted by Crippen LogP contribution is 2.32. The van der Waals surface area contributed by atoms with Crippen molar-refractivity contribution < 1.29 is 14.7 Å². The zero-order valence-electron chi connectivity index (χ0n) is 12.3. The van der Waals surface area contributed by atoms with Crippen molar-refractivity contribution in [3.05, 3.63) is 0 Å². The molecule has 2 unspecified atom stereocenters. The van der Waals surface area contributed by atoms with Gasteiger partial charge in [0.25, 0.3) is 0 Å². The van der Waals surface area contributed by atoms with Crippen LogP contribution in [0, 0.1) is 17.8 Å². The third kappa shape index (κ3) is 3.32. The third-order valence-corrected chi connectivity index (χ3v) is 5.04. The smallest absolute Gasteiger partial charge is 0.306 e. The van der Waals surface area contributed by atoms with Crippen LogP contribution in [0.4, 0.5) is 0 Å². The predicted octanol–water partition coefficient (Wildman–Crippen LogP) is 1.46. The second-order valence-corrected chi connectivity index (χ2v) is 6.39. The Morgan fingerprint density at radius 2 is 1.80 bits per heavy atom. The summed E-state index contributed by atoms with van der Waals surface area (Å²) in [6.45, 7) is 3.29. The van der Waals surface area contributed by atoms with E-state index in [0.717, 1.165) is 32.2 Å². The first-order valence-electron chi connectivity index (χ1n) is 7.76. The Kier molecular flexibility index (Phi) is 5.02. The van der Waals surface area contributed by atoms with E-state index in [9.17, 15) is 9.59 Å². The van der Waals surface area contributed by atoms with Crippen LogP contribution in [0.25, 0.3) is 0 Å². The SMILES string of the molecule is CC1CC(C(=O)O)CCN1C(=O)C1CCC(CN)CC1. The number of piperidine rings is 1. The van der Waals surface area contributed by atoms with Gasteiger partial charge < -0.3 is 15.7 Å². The fourth-order valence-electron chi connectivity index (χ4n) is 3.60. The van der Waals surface area contributed by atoms with Crippen molar-refractivity contribution >= 4 is 11.9 Å². The quantitative estimate of drug-likeness (QED) is 0.821. The largest absolute Gasteiger partial charge is 0.481 e. The van der Waals surface area contributed by atoms with Crippen LogP contribution in [-0.4, -0.2) is 41.0 Å². The van der Waals surface area contributed by atoms with Gasteiger partial charge in [0.1, 0.15) is 0 Å². The lowest BCUT2D eigenvalue weighted by Gasteiger charge is -2.39. The van der Waals surface area contributed by atoms with Crippen LogP contribution in [0.5, 0.6) is 0 Å². The first-order valence-corrected chi connectivity index (χ1v) is 7.76. The molecule has 0 aromatic rings. The molecule has 0 aromatic carbocycles. The Morgan fingerprint density at radius 3 is 2.30 bits per heavy atom. The highest BCUT2D eigenvalue weighted by molar-refractivity contribution is 5.80. The van der Waals surface area contributed by atoms with Crippen LogP contribution in [-0.2, 0) is 9.59 Å². The van der Waals surface area contributed by atoms with Crippen LogP contribution in [0.3, 0.4) is 0 Å². The van der Waals surface area contributed by atoms with Gasteiger partial charge in [0.2, 0.25) is 5.91 Å². The van der Waals surface area contributed by atoms with E-state index in [-0.39, 0.29) is 23.8 Å². The molecule has 20 heavy (non-hydrogen) atoms. The molecular formula is C15H26N2O3. The Labute approximate surface area is 120 Å². The number of carboxylic acids is 1. The molecular weight excluding hydrogens is 256 g/mol. The average Bonchev–Trinajstić information content (AvgIpc) is 2.46. The summed E-state index contributed by atoms with van der Waals surface area (Å²) in [5, 5.41) is 9.07. The molecule has 1 saturated carbocycles. The number of amides is 1. The van der Waals surface area contributed by atoms with E-state index in [4.69, 9.17) is 10.8 Å². The van der Waals surface area contributed by atoms with Crippen molar-refractivity contribution in [2.45, 2.75) is 51.5 Å². The zero-order chi connectivity index (χ0) is 14.7. The van der Waals surface area contributed by atoms with Crippen LogP contribution in [0.2, 0.25) is 0 Å². The molecule has 0 spiro atoms. The van der Waals surface area contributed by atoms with Crippen LogP contribution < -0.4 is 5.73 Å². The number of hydrogen-bond acceptors (Lipinski definition) is 3. The minimum Gasteiger partial charge on any atom is -0.481 e. The van der Waals surface area contributed by atoms with Gasteiger partial charge in [-0.05, 0) is 57.9 Å². The first-order chi connectivity index (χ1) is 9.52. The van der Waals surface area contributed by atoms with Crippen molar-refractivity contribution in [2.24, 2.45) is 23.5 Å². The Balaban J connectivity index is 1.89. The number of aliphatic carboxylic acids is 1. The van der Waals surface area contributed by atoms with Gasteiger partial charge >= 0.3 is 5.97 Å². The molecule has 2 rings (SSSR count). The minimum absolute atomic E-state index is 0.0459. The summed E-state index contributed by atoms with van der Waals surface area (Å²) in [7, 11) is 0. The van der Waals surface area contributed by atoms with Gasteiger partial charge in [-0.1, -0.05) is 0 Å². The molecule has 2 fully saturated rings. The van der Waals surface area contributed by atoms with E-state index in [0.29, 0.717) is 25.3 Å². The van der Waals surface area contributed by atoms with Crippen LogP contribution in [0.15, 0.2) is 0 Å². The fraction of sp³-hybridized carbons (Fsp3) is 0.867. The van der Waals surface area contributed by atoms with E-state index in [1.807, 2.05) is 11.8 Å². The van der Waals surface area contributed by atoms with E-state index >= 15 is 0 Å². The lowest BCUT2D eigenvalue weighted by Crippen LogP contribution is -2.48. The second-order valence-electron chi connectivity index (χ2n) is 6.39. The maximum absolute atomic E-state index is 12.6. The highest BCUT2D eigenvalue weighted by Gasteiger charge is 2.36. The number of nitrogens with zero attached hydrogens (tertiary/aromatic N) is 1. The van der Waals surface area contributed by atoms with Gasteiger partial charge in [-0.3, -0.25) is 9.59 Å². The maximum atomic E-state index is 12.6. The summed E-state index contributed by atoms with van der Waals surface area (Å²) in [4.78, 5) is 25.5. The summed E-state index contributed by atoms with van der Waals surface area (Å²) < 4.78 is 0. The molecule has 1 amide bonds. The summed E-state index contributed by atoms with van der Waals surface area (Å²) in [6.07, 6.45) is 5.14. The van der Waals surface area contributed by atoms with Gasteiger partial charge in [-0.25, -0.2) is 0 Å². The Morgan fingerprint density at radius 1 is 1.15 bits per heavy atom. The number of likely N-dealkylation sites (tertiary alicyclic amines) is 1. The van der Waals surface area contributed by atoms with Crippen molar-refractivity contribution in [1.29, 1.82) is 0 Å². The molecule has 2 atom stereocenters. The maximum Gasteiger partial charge on any atom is 0.306 e. The Bertz CT molecular complexity index is 364. The molecule has 0 radical (unpaired) electrons. The number of nitrogens with two attached hydrogens (primary N) is 1. The molecule has 1 saturated heterocycles. The third-order valence-electron chi connectivity index (χ3n) is 5.04. The molecule has 1 aliphatic heterocycles. The van der Waals surface area contributed by atoms with Gasteiger partial charge in [-0.15, -0.1) is 0 Å². The Hall–Kier alpha value is -1.10. The summed E-state index contributed by atoms with van der Waals surface area (Å²) in [5.74, 6) is -0.0814. The van der Waals surface area contributed by atoms with Crippen molar-refractivity contribution in [3.63, 3.8) is 0 Å². The highest BCUT2D eigenvalue weighted by atomic mass is 16.4. The zero-order valence-corrected chi connectivity index (χ0v) is 12.3. The van der Waals surface area contributed by atoms with E-state index in [2.05, 4.69) is 0 Å². The molecule has 1 heterocycles. The standard InChI is InChI=1S/C15H26N2O3/c1-10-8-13(15(19)20)6-7-17(10)14(18)12-4-2-11(9-16)3-5-12/h10-13H,2-9,16H2,1H3,(H,19,20). The van der Waals surface area contributed by atoms with Crippen molar-refractivity contribution in [1.82, 2.24) is 4.90 Å². The van der Waals surface area contributed by atoms with E-state index in [1.165, 1.54) is 0 Å². The van der Waals surface area contributed by atoms with Crippen LogP contribution in [0.1, 0.15) is 45.4 Å². The van der Waals surface area contributed by atoms with Gasteiger partial charge in [0.05, 0.1) is 5.92 Å². The van der Waals surface area contributed by atoms with Crippen molar-refractivity contribution in [2.75, 3.05) is 13.1 Å². The lowest BCUT2D eigenvalue weighted by molar-refractivity contribution is -0.149. The fourth-order valence-corrected chi connectivity index (χ4v) is 3.60. The van der Waals surface area contributed by atoms with Gasteiger partial charge in [0.15, 0.2) is 0 Å². The average molecular weight is 282 g/mol. The van der Waals surface area contributed by atoms with Crippen molar-refractivity contribution in [3.8, 4) is 0 Å². The normalized spacial score (nSPS) is 34.8. The molecule has 5 heteroatoms. The summed E-state index contributed by atoms with van der Waals surface area (Å²) in [5.41, 5.74) is 5.68. The molecule has 5 nitrogen and oxygen atoms in total. The molecule has 1 aliphatic carbocycles. The topological polar surface area (TPSA) is 83.6 Å². The molecule has 2 aliphatic rings. The number of hydrogen-bond donors (Lipinski definition) is 2. The molecule has 0 bridgehead atoms. The predicted molar refractivity (Wildman–Crippen MR) is 76.0 cm³/mol. The minimum atomic E-state index is -0.729. The van der Waals surface area contributed by atoms with Gasteiger partial charge in [-0.2, -0.15) is 0 Å². The number of carbonyl (C=O) groups excluding carboxylic acids is 1. The van der Waals surface area contributed by atoms with Crippen LogP contribution >= 0.6 is 0 Å². The molecule has 114 valence electrons. The number of rotatable bonds is 3. The second kappa shape index (κ2) is 6.57. The number of carbonyl (C=O) groups is 2. The number of carboxylic acid groups (broad SMARTS) is 1. The summed E-state index contributed by atoms with van der Waals surface area (Å²) in [6, 6.07) is 0.0459. The molecule has 0 aromatic heterocycles. The summed E-state index contributed by atoms with van der Waals surface area (Å²) >= 11 is 0.